The Bertz CT molecular complexity index is 3160. The van der Waals surface area contributed by atoms with Gasteiger partial charge in [0.25, 0.3) is 5.78 Å². The van der Waals surface area contributed by atoms with Gasteiger partial charge in [0.1, 0.15) is 10.7 Å². The number of nitrogens with two attached hydrogens (primary N) is 3. The molecule has 0 unspecified atom stereocenters. The predicted molar refractivity (Wildman–Crippen MR) is 274 cm³/mol. The molecular formula is C37H34Cl7F15LiN18O10P. The van der Waals surface area contributed by atoms with E-state index in [4.69, 9.17) is 52.2 Å². The van der Waals surface area contributed by atoms with Gasteiger partial charge >= 0.3 is 84.0 Å². The molecule has 6 aromatic rings. The first-order valence-electron chi connectivity index (χ1n) is 21.0. The molecule has 10 N–H and O–H groups in total. The molecule has 492 valence electrons. The van der Waals surface area contributed by atoms with Crippen LogP contribution >= 0.6 is 85.3 Å². The van der Waals surface area contributed by atoms with Gasteiger partial charge < -0.3 is 19.7 Å². The van der Waals surface area contributed by atoms with Crippen molar-refractivity contribution >= 4 is 132 Å². The van der Waals surface area contributed by atoms with Crippen LogP contribution in [0.25, 0.3) is 5.78 Å². The van der Waals surface area contributed by atoms with E-state index < -0.39 is 98.1 Å². The van der Waals surface area contributed by atoms with Crippen LogP contribution in [0.3, 0.4) is 0 Å². The number of anilines is 2. The van der Waals surface area contributed by atoms with Crippen LogP contribution in [0, 0.1) is 0 Å². The minimum absolute atomic E-state index is 0. The summed E-state index contributed by atoms with van der Waals surface area (Å²) in [6.07, 6.45) is -16.9. The number of carbonyl (C=O) groups excluding carboxylic acids is 5. The van der Waals surface area contributed by atoms with Crippen LogP contribution in [0.1, 0.15) is 59.2 Å². The fraction of sp³-hybridized carbons (Fsp3) is 0.297. The molecule has 0 fully saturated rings. The van der Waals surface area contributed by atoms with E-state index in [-0.39, 0.29) is 78.2 Å². The summed E-state index contributed by atoms with van der Waals surface area (Å²) in [5.74, 6) is 7.95. The molecule has 0 spiro atoms. The number of hydrogen-bond donors (Lipinski definition) is 6. The molecule has 0 aromatic carbocycles. The Kier molecular flexibility index (Phi) is 41.9. The number of hydrogen-bond acceptors (Lipinski definition) is 26. The first-order chi connectivity index (χ1) is 39.9. The maximum absolute atomic E-state index is 12.5. The minimum Gasteiger partial charge on any atom is -0.870 e. The van der Waals surface area contributed by atoms with Gasteiger partial charge in [-0.25, -0.2) is 65.1 Å². The topological polar surface area (TPSA) is 420 Å². The van der Waals surface area contributed by atoms with Gasteiger partial charge in [-0.1, -0.05) is 11.6 Å². The number of nitrogens with zero attached hydrogens (tertiary/aromatic N) is 12. The number of carbonyl (C=O) groups is 5. The standard InChI is InChI=1S/C9H9F3N4O3.C9H7F3N4O2.C5HCl2F3N2.C5H2ClF3N2.C5H5F3N4.C4H5ClO3.Cl3OP.Li.H4N2.H2O/c1-2-19-7(18)6(17)15-16-8-13-3-5(4-14-8)9(10,11)12;1-2-18-7(17)6-14-15-8-13-3-5(4-16(6)8)9(10,11)12;6-3-2(5(8,9)10)1-11-4(7)12-3;6-4-10-1-3(2-11-4)5(7,8)9;6-5(7,8)3-1-10-4(12-9)11-2-3;1-2-8-4(7)3(5)6;1-5(2,3)4;;1-2;/h3-4H,2H2,1H3,(H,15,17)(H,13,14,16);3-4H,2H2,1H3;1H;1-2H;1-2H,9H2,(H,10,11,12);2H2,1H3;;;1-2H2;1H2/q;;;;;;;+1;;/p-1. The molecule has 0 aliphatic rings. The van der Waals surface area contributed by atoms with Gasteiger partial charge in [0.05, 0.1) is 42.1 Å². The predicted octanol–water partition coefficient (Wildman–Crippen LogP) is 6.33. The molecule has 0 aliphatic heterocycles. The van der Waals surface area contributed by atoms with Crippen molar-refractivity contribution in [1.29, 1.82) is 0 Å². The van der Waals surface area contributed by atoms with E-state index in [1.54, 1.807) is 13.8 Å². The normalized spacial score (nSPS) is 10.7. The third kappa shape index (κ3) is 38.1. The van der Waals surface area contributed by atoms with Gasteiger partial charge in [-0.2, -0.15) is 65.9 Å². The molecule has 89 heavy (non-hydrogen) atoms. The van der Waals surface area contributed by atoms with E-state index in [1.807, 2.05) is 10.9 Å². The SMILES string of the molecule is CCOC(=O)C(=O)Cl.CCOC(=O)C(=O)NNc1ncc(C(F)(F)F)cn1.CCOC(=O)c1nnc2ncc(C(F)(F)F)cn12.FC(F)(F)c1cnc(Cl)nc1.FC(F)(F)c1cnc(Cl)nc1Cl.NN.NNc1ncc(C(F)(F)F)cn1.O=P(Cl)(Cl)Cl.[Li+].[OH-]. The van der Waals surface area contributed by atoms with Crippen molar-refractivity contribution in [3.63, 3.8) is 0 Å². The Labute approximate surface area is 532 Å². The molecule has 0 saturated heterocycles. The first-order valence-corrected chi connectivity index (χ1v) is 27.0. The van der Waals surface area contributed by atoms with Crippen LogP contribution in [-0.2, 0) is 68.8 Å². The number of nitrogens with one attached hydrogen (secondary N) is 3. The van der Waals surface area contributed by atoms with Crippen molar-refractivity contribution in [2.45, 2.75) is 51.7 Å². The second-order valence-corrected chi connectivity index (χ2v) is 21.3. The van der Waals surface area contributed by atoms with Crippen LogP contribution in [0.2, 0.25) is 15.7 Å². The maximum Gasteiger partial charge on any atom is 1.00 e. The molecule has 1 amide bonds. The quantitative estimate of drug-likeness (QED) is 0.00829. The molecule has 0 bridgehead atoms. The Balaban J connectivity index is -0.000000483. The van der Waals surface area contributed by atoms with Gasteiger partial charge in [0.2, 0.25) is 28.3 Å². The van der Waals surface area contributed by atoms with Gasteiger partial charge in [0, 0.05) is 55.8 Å². The average molecular weight is 1460 g/mol. The van der Waals surface area contributed by atoms with Crippen molar-refractivity contribution in [1.82, 2.24) is 64.9 Å². The first kappa shape index (κ1) is 89.1. The van der Waals surface area contributed by atoms with Gasteiger partial charge in [-0.05, 0) is 89.3 Å². The molecule has 6 aromatic heterocycles. The van der Waals surface area contributed by atoms with Crippen molar-refractivity contribution in [3.05, 3.63) is 105 Å². The Hall–Kier alpha value is -6.33. The molecule has 6 rings (SSSR count). The fourth-order valence-electron chi connectivity index (χ4n) is 3.90. The number of amides is 1. The number of rotatable bonds is 8. The number of aromatic nitrogens is 12. The second kappa shape index (κ2) is 41.9. The molecule has 0 saturated carbocycles. The maximum atomic E-state index is 12.5. The Morgan fingerprint density at radius 3 is 1.28 bits per heavy atom. The number of ether oxygens (including phenoxy) is 3. The van der Waals surface area contributed by atoms with Crippen LogP contribution in [0.4, 0.5) is 77.8 Å². The zero-order chi connectivity index (χ0) is 67.9. The van der Waals surface area contributed by atoms with E-state index in [0.29, 0.717) is 55.8 Å². The number of esters is 3. The molecule has 52 heteroatoms. The van der Waals surface area contributed by atoms with Gasteiger partial charge in [-0.3, -0.25) is 46.5 Å². The molecule has 0 aliphatic carbocycles. The molecule has 28 nitrogen and oxygen atoms in total. The van der Waals surface area contributed by atoms with Crippen LogP contribution in [0.5, 0.6) is 0 Å². The van der Waals surface area contributed by atoms with Gasteiger partial charge in [-0.15, -0.1) is 10.2 Å². The van der Waals surface area contributed by atoms with E-state index in [9.17, 15) is 94.4 Å². The molecular weight excluding hydrogens is 1430 g/mol. The summed E-state index contributed by atoms with van der Waals surface area (Å²) in [4.78, 5) is 82.6. The molecule has 0 atom stereocenters. The zero-order valence-electron chi connectivity index (χ0n) is 43.8. The third-order valence-corrected chi connectivity index (χ3v) is 8.11. The van der Waals surface area contributed by atoms with Crippen molar-refractivity contribution in [2.24, 2.45) is 17.5 Å². The summed E-state index contributed by atoms with van der Waals surface area (Å²) in [6, 6.07) is 0. The number of halogens is 22. The largest absolute Gasteiger partial charge is 1.00 e. The number of nitrogen functional groups attached to an aromatic ring is 1. The van der Waals surface area contributed by atoms with Crippen LogP contribution < -0.4 is 52.7 Å². The van der Waals surface area contributed by atoms with E-state index >= 15 is 0 Å². The molecule has 6 heterocycles. The number of hydrazine groups is 3. The van der Waals surface area contributed by atoms with E-state index in [0.717, 1.165) is 4.40 Å². The van der Waals surface area contributed by atoms with E-state index in [2.05, 4.69) is 120 Å². The van der Waals surface area contributed by atoms with E-state index in [1.165, 1.54) is 6.92 Å². The minimum atomic E-state index is -4.56. The fourth-order valence-corrected chi connectivity index (χ4v) is 4.46. The Morgan fingerprint density at radius 2 is 0.933 bits per heavy atom. The monoisotopic (exact) mass is 1460 g/mol. The van der Waals surface area contributed by atoms with Crippen molar-refractivity contribution in [2.75, 3.05) is 30.7 Å². The van der Waals surface area contributed by atoms with Gasteiger partial charge in [0.15, 0.2) is 0 Å². The average Bonchev–Trinajstić information content (AvgIpc) is 1.90. The second-order valence-electron chi connectivity index (χ2n) is 13.3. The number of fused-ring (bicyclic) bond motifs is 1. The Morgan fingerprint density at radius 1 is 0.562 bits per heavy atom. The summed E-state index contributed by atoms with van der Waals surface area (Å²) < 4.78 is 205. The van der Waals surface area contributed by atoms with Crippen molar-refractivity contribution < 1.29 is 133 Å². The number of alkyl halides is 15. The summed E-state index contributed by atoms with van der Waals surface area (Å²) in [5, 5.41) is 1.42. The summed E-state index contributed by atoms with van der Waals surface area (Å²) in [7, 11) is 0. The summed E-state index contributed by atoms with van der Waals surface area (Å²) in [6.45, 7) is 4.95. The molecule has 0 radical (unpaired) electrons. The van der Waals surface area contributed by atoms with Crippen LogP contribution in [-0.4, -0.2) is 114 Å². The summed E-state index contributed by atoms with van der Waals surface area (Å²) in [5.41, 5.74) is 1.04. The zero-order valence-corrected chi connectivity index (χ0v) is 50.0. The summed E-state index contributed by atoms with van der Waals surface area (Å²) >= 11 is 34.1. The smallest absolute Gasteiger partial charge is 0.870 e. The van der Waals surface area contributed by atoms with Crippen LogP contribution in [0.15, 0.2) is 55.8 Å². The van der Waals surface area contributed by atoms with Crippen molar-refractivity contribution in [3.8, 4) is 0 Å². The third-order valence-electron chi connectivity index (χ3n) is 7.29.